The summed E-state index contributed by atoms with van der Waals surface area (Å²) in [4.78, 5) is 11.7. The van der Waals surface area contributed by atoms with E-state index >= 15 is 0 Å². The molecule has 0 atom stereocenters. The van der Waals surface area contributed by atoms with E-state index in [2.05, 4.69) is 13.8 Å². The minimum Gasteiger partial charge on any atom is -0.466 e. The van der Waals surface area contributed by atoms with E-state index in [-0.39, 0.29) is 5.97 Å². The van der Waals surface area contributed by atoms with Crippen LogP contribution in [-0.4, -0.2) is 22.4 Å². The van der Waals surface area contributed by atoms with Crippen LogP contribution in [0, 0.1) is 0 Å². The molecule has 0 aliphatic rings. The summed E-state index contributed by atoms with van der Waals surface area (Å²) >= 11 is 12.3. The van der Waals surface area contributed by atoms with Crippen LogP contribution >= 0.6 is 23.2 Å². The number of benzene rings is 1. The molecule has 0 aliphatic carbocycles. The van der Waals surface area contributed by atoms with Crippen molar-refractivity contribution in [3.8, 4) is 0 Å². The molecule has 0 aliphatic heterocycles. The topological polar surface area (TPSA) is 44.1 Å². The molecule has 25 heavy (non-hydrogen) atoms. The second kappa shape index (κ2) is 9.25. The van der Waals surface area contributed by atoms with Crippen molar-refractivity contribution >= 4 is 29.2 Å². The maximum absolute atomic E-state index is 11.7. The fourth-order valence-corrected chi connectivity index (χ4v) is 3.58. The van der Waals surface area contributed by atoms with Crippen molar-refractivity contribution in [1.82, 2.24) is 9.78 Å². The van der Waals surface area contributed by atoms with E-state index in [0.717, 1.165) is 36.2 Å². The summed E-state index contributed by atoms with van der Waals surface area (Å²) in [5.74, 6) is -0.193. The molecule has 0 saturated heterocycles. The van der Waals surface area contributed by atoms with Crippen molar-refractivity contribution in [2.24, 2.45) is 0 Å². The van der Waals surface area contributed by atoms with E-state index in [4.69, 9.17) is 33.0 Å². The van der Waals surface area contributed by atoms with Gasteiger partial charge in [-0.25, -0.2) is 0 Å². The zero-order chi connectivity index (χ0) is 18.4. The molecule has 2 rings (SSSR count). The molecule has 6 heteroatoms. The molecule has 0 saturated carbocycles. The van der Waals surface area contributed by atoms with Crippen molar-refractivity contribution in [2.45, 2.75) is 53.0 Å². The molecule has 0 spiro atoms. The first kappa shape index (κ1) is 19.8. The summed E-state index contributed by atoms with van der Waals surface area (Å²) < 4.78 is 6.95. The number of nitrogens with zero attached hydrogens (tertiary/aromatic N) is 2. The van der Waals surface area contributed by atoms with Gasteiger partial charge in [-0.05, 0) is 43.5 Å². The Hall–Kier alpha value is -1.52. The van der Waals surface area contributed by atoms with Crippen molar-refractivity contribution in [3.05, 3.63) is 50.8 Å². The molecule has 0 amide bonds. The first-order valence-electron chi connectivity index (χ1n) is 8.66. The highest BCUT2D eigenvalue weighted by molar-refractivity contribution is 6.34. The monoisotopic (exact) mass is 382 g/mol. The van der Waals surface area contributed by atoms with Crippen LogP contribution in [0.15, 0.2) is 18.2 Å². The van der Waals surface area contributed by atoms with E-state index in [9.17, 15) is 4.79 Å². The van der Waals surface area contributed by atoms with E-state index in [1.54, 1.807) is 6.07 Å². The maximum Gasteiger partial charge on any atom is 0.307 e. The van der Waals surface area contributed by atoms with Gasteiger partial charge in [-0.15, -0.1) is 0 Å². The van der Waals surface area contributed by atoms with Crippen LogP contribution in [0.5, 0.6) is 0 Å². The SMILES string of the molecule is CCOC(=O)CCn1nc(CC)c(Cc2cc(Cl)cc(Cl)c2)c1CC. The Bertz CT molecular complexity index is 721. The first-order valence-corrected chi connectivity index (χ1v) is 9.42. The third kappa shape index (κ3) is 5.23. The minimum absolute atomic E-state index is 0.193. The number of halogens is 2. The van der Waals surface area contributed by atoms with Gasteiger partial charge in [-0.3, -0.25) is 9.48 Å². The Balaban J connectivity index is 2.28. The van der Waals surface area contributed by atoms with Gasteiger partial charge < -0.3 is 4.74 Å². The highest BCUT2D eigenvalue weighted by Gasteiger charge is 2.17. The van der Waals surface area contributed by atoms with E-state index in [1.165, 1.54) is 5.56 Å². The number of carbonyl (C=O) groups is 1. The highest BCUT2D eigenvalue weighted by Crippen LogP contribution is 2.25. The van der Waals surface area contributed by atoms with Crippen LogP contribution in [0.3, 0.4) is 0 Å². The van der Waals surface area contributed by atoms with Crippen LogP contribution in [0.4, 0.5) is 0 Å². The first-order chi connectivity index (χ1) is 12.0. The lowest BCUT2D eigenvalue weighted by Crippen LogP contribution is -2.12. The van der Waals surface area contributed by atoms with Gasteiger partial charge in [0.25, 0.3) is 0 Å². The number of carbonyl (C=O) groups excluding carboxylic acids is 1. The van der Waals surface area contributed by atoms with Gasteiger partial charge in [0.05, 0.1) is 25.3 Å². The number of esters is 1. The number of hydrogen-bond acceptors (Lipinski definition) is 3. The van der Waals surface area contributed by atoms with Gasteiger partial charge in [0.1, 0.15) is 0 Å². The Labute approximate surface area is 159 Å². The van der Waals surface area contributed by atoms with Crippen LogP contribution in [-0.2, 0) is 35.3 Å². The molecule has 0 N–H and O–H groups in total. The fourth-order valence-electron chi connectivity index (χ4n) is 3.01. The van der Waals surface area contributed by atoms with Crippen LogP contribution in [0.1, 0.15) is 49.7 Å². The summed E-state index contributed by atoms with van der Waals surface area (Å²) in [5.41, 5.74) is 4.47. The predicted molar refractivity (Wildman–Crippen MR) is 102 cm³/mol. The fraction of sp³-hybridized carbons (Fsp3) is 0.474. The number of aromatic nitrogens is 2. The molecule has 136 valence electrons. The lowest BCUT2D eigenvalue weighted by molar-refractivity contribution is -0.143. The van der Waals surface area contributed by atoms with Crippen LogP contribution < -0.4 is 0 Å². The van der Waals surface area contributed by atoms with Crippen molar-refractivity contribution < 1.29 is 9.53 Å². The zero-order valence-electron chi connectivity index (χ0n) is 14.9. The van der Waals surface area contributed by atoms with E-state index < -0.39 is 0 Å². The molecule has 1 heterocycles. The second-order valence-corrected chi connectivity index (χ2v) is 6.68. The normalized spacial score (nSPS) is 10.9. The van der Waals surface area contributed by atoms with Crippen LogP contribution in [0.25, 0.3) is 0 Å². The minimum atomic E-state index is -0.193. The van der Waals surface area contributed by atoms with E-state index in [1.807, 2.05) is 23.7 Å². The molecule has 4 nitrogen and oxygen atoms in total. The predicted octanol–water partition coefficient (Wildman–Crippen LogP) is 4.86. The molecular weight excluding hydrogens is 359 g/mol. The number of rotatable bonds is 8. The van der Waals surface area contributed by atoms with Crippen LogP contribution in [0.2, 0.25) is 10.0 Å². The van der Waals surface area contributed by atoms with Gasteiger partial charge >= 0.3 is 5.97 Å². The van der Waals surface area contributed by atoms with E-state index in [0.29, 0.717) is 29.6 Å². The lowest BCUT2D eigenvalue weighted by atomic mass is 10.0. The molecule has 1 aromatic heterocycles. The summed E-state index contributed by atoms with van der Waals surface area (Å²) in [7, 11) is 0. The number of aryl methyl sites for hydroxylation is 2. The zero-order valence-corrected chi connectivity index (χ0v) is 16.5. The largest absolute Gasteiger partial charge is 0.466 e. The average Bonchev–Trinajstić information content (AvgIpc) is 2.89. The summed E-state index contributed by atoms with van der Waals surface area (Å²) in [6, 6.07) is 5.60. The smallest absolute Gasteiger partial charge is 0.307 e. The molecule has 0 unspecified atom stereocenters. The average molecular weight is 383 g/mol. The number of ether oxygens (including phenoxy) is 1. The Kier molecular flexibility index (Phi) is 7.33. The maximum atomic E-state index is 11.7. The van der Waals surface area contributed by atoms with Crippen molar-refractivity contribution in [1.29, 1.82) is 0 Å². The molecule has 0 radical (unpaired) electrons. The molecular formula is C19H24Cl2N2O2. The highest BCUT2D eigenvalue weighted by atomic mass is 35.5. The Morgan fingerprint density at radius 2 is 1.80 bits per heavy atom. The lowest BCUT2D eigenvalue weighted by Gasteiger charge is -2.09. The summed E-state index contributed by atoms with van der Waals surface area (Å²) in [6.07, 6.45) is 2.74. The molecule has 1 aromatic carbocycles. The third-order valence-electron chi connectivity index (χ3n) is 4.06. The second-order valence-electron chi connectivity index (χ2n) is 5.81. The van der Waals surface area contributed by atoms with Gasteiger partial charge in [0.15, 0.2) is 0 Å². The molecule has 2 aromatic rings. The molecule has 0 bridgehead atoms. The van der Waals surface area contributed by atoms with Crippen molar-refractivity contribution in [2.75, 3.05) is 6.61 Å². The van der Waals surface area contributed by atoms with Gasteiger partial charge in [-0.1, -0.05) is 37.0 Å². The summed E-state index contributed by atoms with van der Waals surface area (Å²) in [5, 5.41) is 5.98. The Morgan fingerprint density at radius 1 is 1.12 bits per heavy atom. The standard InChI is InChI=1S/C19H24Cl2N2O2/c1-4-17-16(11-13-9-14(20)12-15(21)10-13)18(5-2)23(22-17)8-7-19(24)25-6-3/h9-10,12H,4-8,11H2,1-3H3. The Morgan fingerprint density at radius 3 is 2.36 bits per heavy atom. The third-order valence-corrected chi connectivity index (χ3v) is 4.49. The van der Waals surface area contributed by atoms with Gasteiger partial charge in [0.2, 0.25) is 0 Å². The van der Waals surface area contributed by atoms with Crippen molar-refractivity contribution in [3.63, 3.8) is 0 Å². The quantitative estimate of drug-likeness (QED) is 0.612. The molecule has 0 fully saturated rings. The summed E-state index contributed by atoms with van der Waals surface area (Å²) in [6.45, 7) is 6.94. The number of hydrogen-bond donors (Lipinski definition) is 0. The van der Waals surface area contributed by atoms with Gasteiger partial charge in [0, 0.05) is 27.7 Å². The van der Waals surface area contributed by atoms with Gasteiger partial charge in [-0.2, -0.15) is 5.10 Å².